The van der Waals surface area contributed by atoms with Crippen LogP contribution in [-0.2, 0) is 14.7 Å². The molecule has 0 aliphatic heterocycles. The minimum Gasteiger partial charge on any atom is -0.267 e. The van der Waals surface area contributed by atoms with Crippen LogP contribution in [0.1, 0.15) is 42.5 Å². The molecular weight excluding hydrogens is 450 g/mol. The maximum absolute atomic E-state index is 16.3. The molecular formula is C19H20ClF4NO4S. The van der Waals surface area contributed by atoms with E-state index >= 15 is 17.6 Å². The van der Waals surface area contributed by atoms with Gasteiger partial charge in [-0.3, -0.25) is 4.79 Å². The van der Waals surface area contributed by atoms with Crippen LogP contribution in [0, 0.1) is 5.41 Å². The van der Waals surface area contributed by atoms with Crippen LogP contribution in [0.25, 0.3) is 0 Å². The van der Waals surface area contributed by atoms with E-state index in [1.54, 1.807) is 11.5 Å². The van der Waals surface area contributed by atoms with Crippen molar-refractivity contribution in [2.45, 2.75) is 59.7 Å². The molecule has 166 valence electrons. The molecule has 5 nitrogen and oxygen atoms in total. The van der Waals surface area contributed by atoms with Gasteiger partial charge in [0.15, 0.2) is 0 Å². The lowest BCUT2D eigenvalue weighted by Gasteiger charge is -2.66. The maximum Gasteiger partial charge on any atom is 0.338 e. The number of alkyl halides is 5. The van der Waals surface area contributed by atoms with Gasteiger partial charge in [-0.25, -0.2) is 31.9 Å². The monoisotopic (exact) mass is 469 g/mol. The predicted octanol–water partition coefficient (Wildman–Crippen LogP) is 3.73. The second kappa shape index (κ2) is 6.32. The SMILES string of the molecule is CS(=O)(=O)C(F)(ONC(=O)c1ccccc1)C12CC3(F)CC(F)(CC(F)(C3)C1Cl)C2. The number of sulfone groups is 1. The molecule has 5 rings (SSSR count). The smallest absolute Gasteiger partial charge is 0.267 e. The number of hydrogen-bond acceptors (Lipinski definition) is 4. The second-order valence-corrected chi connectivity index (χ2v) is 11.5. The third-order valence-electron chi connectivity index (χ3n) is 6.44. The highest BCUT2D eigenvalue weighted by Gasteiger charge is 2.82. The molecule has 4 saturated carbocycles. The van der Waals surface area contributed by atoms with Crippen LogP contribution in [-0.4, -0.2) is 48.2 Å². The zero-order valence-electron chi connectivity index (χ0n) is 15.9. The molecule has 4 unspecified atom stereocenters. The van der Waals surface area contributed by atoms with Crippen LogP contribution in [0.3, 0.4) is 0 Å². The van der Waals surface area contributed by atoms with Gasteiger partial charge in [0.2, 0.25) is 9.84 Å². The standard InChI is InChI=1S/C19H20ClF4NO4S/c1-30(27,28)19(24,29-25-13(26)12-5-3-2-4-6-12)17-8-15(21)7-16(22,9-17)11-18(23,10-15)14(17)20/h2-6,14H,7-11H2,1H3,(H,25,26). The Morgan fingerprint density at radius 1 is 1.10 bits per heavy atom. The number of hydrogen-bond donors (Lipinski definition) is 1. The molecule has 1 aromatic carbocycles. The average Bonchev–Trinajstić information content (AvgIpc) is 2.61. The lowest BCUT2D eigenvalue weighted by Crippen LogP contribution is -2.77. The first-order valence-corrected chi connectivity index (χ1v) is 11.6. The summed E-state index contributed by atoms with van der Waals surface area (Å²) in [5.74, 6) is -0.989. The Kier molecular flexibility index (Phi) is 4.60. The Hall–Kier alpha value is -1.39. The van der Waals surface area contributed by atoms with Crippen molar-refractivity contribution >= 4 is 27.3 Å². The van der Waals surface area contributed by atoms with Gasteiger partial charge < -0.3 is 0 Å². The normalized spacial score (nSPS) is 42.0. The van der Waals surface area contributed by atoms with Gasteiger partial charge in [0.05, 0.1) is 10.8 Å². The van der Waals surface area contributed by atoms with E-state index < -0.39 is 80.8 Å². The van der Waals surface area contributed by atoms with Crippen LogP contribution >= 0.6 is 11.6 Å². The van der Waals surface area contributed by atoms with E-state index in [1.165, 1.54) is 24.3 Å². The molecule has 0 saturated heterocycles. The number of amides is 1. The molecule has 1 N–H and O–H groups in total. The Morgan fingerprint density at radius 3 is 2.13 bits per heavy atom. The first kappa shape index (κ1) is 21.8. The van der Waals surface area contributed by atoms with Crippen molar-refractivity contribution in [1.29, 1.82) is 0 Å². The average molecular weight is 470 g/mol. The van der Waals surface area contributed by atoms with E-state index in [1.807, 2.05) is 0 Å². The lowest BCUT2D eigenvalue weighted by atomic mass is 9.46. The number of hydroxylamine groups is 1. The predicted molar refractivity (Wildman–Crippen MR) is 100 cm³/mol. The number of benzene rings is 1. The second-order valence-electron chi connectivity index (χ2n) is 8.95. The quantitative estimate of drug-likeness (QED) is 0.405. The minimum atomic E-state index is -4.91. The summed E-state index contributed by atoms with van der Waals surface area (Å²) >= 11 is 6.21. The van der Waals surface area contributed by atoms with Crippen molar-refractivity contribution in [2.24, 2.45) is 5.41 Å². The van der Waals surface area contributed by atoms with Crippen LogP contribution in [0.5, 0.6) is 0 Å². The number of carbonyl (C=O) groups is 1. The molecule has 0 heterocycles. The third kappa shape index (κ3) is 2.97. The Balaban J connectivity index is 1.76. The van der Waals surface area contributed by atoms with Crippen LogP contribution in [0.2, 0.25) is 0 Å². The van der Waals surface area contributed by atoms with Crippen LogP contribution in [0.4, 0.5) is 17.6 Å². The molecule has 4 aliphatic carbocycles. The van der Waals surface area contributed by atoms with Crippen molar-refractivity contribution in [3.63, 3.8) is 0 Å². The molecule has 1 amide bonds. The zero-order chi connectivity index (χ0) is 22.2. The van der Waals surface area contributed by atoms with Gasteiger partial charge in [0.1, 0.15) is 17.0 Å². The molecule has 0 aromatic heterocycles. The number of carbonyl (C=O) groups excluding carboxylic acids is 1. The third-order valence-corrected chi connectivity index (χ3v) is 8.69. The number of rotatable bonds is 5. The van der Waals surface area contributed by atoms with Crippen LogP contribution in [0.15, 0.2) is 30.3 Å². The summed E-state index contributed by atoms with van der Waals surface area (Å²) in [6.45, 7) is 0. The van der Waals surface area contributed by atoms with Crippen LogP contribution < -0.4 is 5.48 Å². The van der Waals surface area contributed by atoms with Crippen molar-refractivity contribution < 1.29 is 35.6 Å². The fraction of sp³-hybridized carbons (Fsp3) is 0.632. The van der Waals surface area contributed by atoms with Gasteiger partial charge >= 0.3 is 5.19 Å². The van der Waals surface area contributed by atoms with E-state index in [9.17, 15) is 13.2 Å². The van der Waals surface area contributed by atoms with Crippen molar-refractivity contribution in [2.75, 3.05) is 6.26 Å². The van der Waals surface area contributed by atoms with E-state index in [-0.39, 0.29) is 5.56 Å². The molecule has 11 heteroatoms. The van der Waals surface area contributed by atoms with Gasteiger partial charge in [-0.05, 0) is 25.0 Å². The van der Waals surface area contributed by atoms with Gasteiger partial charge in [0, 0.05) is 31.1 Å². The summed E-state index contributed by atoms with van der Waals surface area (Å²) in [6, 6.07) is 7.35. The molecule has 4 fully saturated rings. The molecule has 0 spiro atoms. The summed E-state index contributed by atoms with van der Waals surface area (Å²) in [5, 5.41) is -5.74. The first-order chi connectivity index (χ1) is 13.7. The van der Waals surface area contributed by atoms with E-state index in [0.29, 0.717) is 6.26 Å². The summed E-state index contributed by atoms with van der Waals surface area (Å²) in [7, 11) is -4.91. The van der Waals surface area contributed by atoms with Crippen molar-refractivity contribution in [3.8, 4) is 0 Å². The molecule has 4 atom stereocenters. The van der Waals surface area contributed by atoms with Crippen molar-refractivity contribution in [1.82, 2.24) is 5.48 Å². The number of nitrogens with one attached hydrogen (secondary N) is 1. The van der Waals surface area contributed by atoms with Gasteiger partial charge in [-0.1, -0.05) is 18.2 Å². The van der Waals surface area contributed by atoms with E-state index in [0.717, 1.165) is 0 Å². The fourth-order valence-corrected chi connectivity index (χ4v) is 7.48. The minimum absolute atomic E-state index is 0.0205. The molecule has 1 aromatic rings. The Labute approximate surface area is 176 Å². The zero-order valence-corrected chi connectivity index (χ0v) is 17.5. The molecule has 30 heavy (non-hydrogen) atoms. The van der Waals surface area contributed by atoms with Gasteiger partial charge in [-0.15, -0.1) is 11.6 Å². The highest BCUT2D eigenvalue weighted by Crippen LogP contribution is 2.73. The van der Waals surface area contributed by atoms with E-state index in [4.69, 9.17) is 16.4 Å². The highest BCUT2D eigenvalue weighted by atomic mass is 35.5. The maximum atomic E-state index is 16.3. The van der Waals surface area contributed by atoms with E-state index in [2.05, 4.69) is 0 Å². The molecule has 4 aliphatic rings. The summed E-state index contributed by atoms with van der Waals surface area (Å²) in [5.41, 5.74) is -8.48. The Morgan fingerprint density at radius 2 is 1.63 bits per heavy atom. The first-order valence-electron chi connectivity index (χ1n) is 9.31. The lowest BCUT2D eigenvalue weighted by molar-refractivity contribution is -0.290. The Bertz CT molecular complexity index is 976. The number of halogens is 5. The summed E-state index contributed by atoms with van der Waals surface area (Å²) in [6.07, 6.45) is -3.43. The highest BCUT2D eigenvalue weighted by molar-refractivity contribution is 7.91. The summed E-state index contributed by atoms with van der Waals surface area (Å²) in [4.78, 5) is 17.0. The molecule has 0 radical (unpaired) electrons. The van der Waals surface area contributed by atoms with Crippen molar-refractivity contribution in [3.05, 3.63) is 35.9 Å². The van der Waals surface area contributed by atoms with Gasteiger partial charge in [0.25, 0.3) is 5.91 Å². The van der Waals surface area contributed by atoms with Gasteiger partial charge in [-0.2, -0.15) is 4.39 Å². The fourth-order valence-electron chi connectivity index (χ4n) is 5.77. The molecule has 4 bridgehead atoms. The topological polar surface area (TPSA) is 72.5 Å². The largest absolute Gasteiger partial charge is 0.338 e. The summed E-state index contributed by atoms with van der Waals surface area (Å²) < 4.78 is 87.4.